The van der Waals surface area contributed by atoms with Gasteiger partial charge in [0, 0.05) is 11.8 Å². The zero-order chi connectivity index (χ0) is 25.5. The van der Waals surface area contributed by atoms with Gasteiger partial charge in [-0.15, -0.1) is 10.2 Å². The normalized spacial score (nSPS) is 12.1. The van der Waals surface area contributed by atoms with Crippen molar-refractivity contribution in [2.24, 2.45) is 0 Å². The summed E-state index contributed by atoms with van der Waals surface area (Å²) in [4.78, 5) is 12.2. The quantitative estimate of drug-likeness (QED) is 0.350. The van der Waals surface area contributed by atoms with Gasteiger partial charge >= 0.3 is 12.1 Å². The number of methoxy groups -OCH3 is 1. The van der Waals surface area contributed by atoms with Gasteiger partial charge in [-0.3, -0.25) is 0 Å². The topological polar surface area (TPSA) is 117 Å². The molecule has 2 heterocycles. The van der Waals surface area contributed by atoms with Gasteiger partial charge in [0.25, 0.3) is 5.89 Å². The van der Waals surface area contributed by atoms with Crippen LogP contribution in [0.1, 0.15) is 16.1 Å². The second-order valence-electron chi connectivity index (χ2n) is 7.14. The van der Waals surface area contributed by atoms with Gasteiger partial charge in [-0.25, -0.2) is 17.9 Å². The maximum Gasteiger partial charge on any atom is 0.418 e. The summed E-state index contributed by atoms with van der Waals surface area (Å²) in [5.74, 6) is -1.51. The Morgan fingerprint density at radius 1 is 1.09 bits per heavy atom. The van der Waals surface area contributed by atoms with Crippen LogP contribution in [0.3, 0.4) is 0 Å². The van der Waals surface area contributed by atoms with Crippen LogP contribution in [0.4, 0.5) is 13.2 Å². The number of alkyl halides is 3. The number of carbonyl (C=O) groups excluding carboxylic acids is 1. The highest BCUT2D eigenvalue weighted by Crippen LogP contribution is 2.39. The molecule has 0 N–H and O–H groups in total. The summed E-state index contributed by atoms with van der Waals surface area (Å²) in [6.07, 6.45) is -3.74. The lowest BCUT2D eigenvalue weighted by atomic mass is 10.1. The summed E-state index contributed by atoms with van der Waals surface area (Å²) in [6, 6.07) is 10.1. The minimum atomic E-state index is -4.76. The molecule has 0 unspecified atom stereocenters. The maximum atomic E-state index is 13.7. The van der Waals surface area contributed by atoms with Crippen molar-refractivity contribution in [3.05, 3.63) is 64.8 Å². The van der Waals surface area contributed by atoms with E-state index in [4.69, 9.17) is 16.0 Å². The molecule has 2 aromatic heterocycles. The van der Waals surface area contributed by atoms with Crippen molar-refractivity contribution in [2.45, 2.75) is 11.1 Å². The number of hydrogen-bond acceptors (Lipinski definition) is 8. The fourth-order valence-electron chi connectivity index (χ4n) is 3.18. The zero-order valence-corrected chi connectivity index (χ0v) is 19.4. The van der Waals surface area contributed by atoms with Gasteiger partial charge < -0.3 is 9.15 Å². The molecule has 0 saturated carbocycles. The number of sulfone groups is 1. The number of rotatable bonds is 5. The third-order valence-corrected chi connectivity index (χ3v) is 6.25. The van der Waals surface area contributed by atoms with E-state index < -0.39 is 38.9 Å². The highest BCUT2D eigenvalue weighted by molar-refractivity contribution is 7.90. The van der Waals surface area contributed by atoms with E-state index in [9.17, 15) is 26.4 Å². The number of esters is 1. The highest BCUT2D eigenvalue weighted by atomic mass is 35.5. The first-order chi connectivity index (χ1) is 16.4. The minimum absolute atomic E-state index is 0.00935. The van der Waals surface area contributed by atoms with Crippen LogP contribution < -0.4 is 0 Å². The molecule has 0 radical (unpaired) electrons. The van der Waals surface area contributed by atoms with E-state index in [0.717, 1.165) is 30.2 Å². The molecule has 0 atom stereocenters. The van der Waals surface area contributed by atoms with E-state index in [0.29, 0.717) is 0 Å². The number of hydrogen-bond donors (Lipinski definition) is 0. The van der Waals surface area contributed by atoms with Crippen LogP contribution in [0.5, 0.6) is 0 Å². The van der Waals surface area contributed by atoms with Crippen LogP contribution in [-0.4, -0.2) is 47.7 Å². The van der Waals surface area contributed by atoms with Gasteiger partial charge in [-0.1, -0.05) is 29.8 Å². The van der Waals surface area contributed by atoms with Crippen molar-refractivity contribution in [3.63, 3.8) is 0 Å². The van der Waals surface area contributed by atoms with Crippen molar-refractivity contribution < 1.29 is 35.5 Å². The smallest absolute Gasteiger partial charge is 0.418 e. The van der Waals surface area contributed by atoms with Crippen LogP contribution in [0.25, 0.3) is 28.7 Å². The SMILES string of the molecule is COC(=O)c1nn(-c2ccccc2C(F)(F)F)c(-c2nnc(-c3cccc(S(C)(=O)=O)c3)o2)c1Cl. The molecule has 0 spiro atoms. The van der Waals surface area contributed by atoms with E-state index >= 15 is 0 Å². The highest BCUT2D eigenvalue weighted by Gasteiger charge is 2.36. The van der Waals surface area contributed by atoms with Gasteiger partial charge in [0.2, 0.25) is 5.89 Å². The zero-order valence-electron chi connectivity index (χ0n) is 17.9. The summed E-state index contributed by atoms with van der Waals surface area (Å²) in [7, 11) is -2.48. The average molecular weight is 527 g/mol. The first-order valence-corrected chi connectivity index (χ1v) is 11.9. The summed E-state index contributed by atoms with van der Waals surface area (Å²) in [5, 5.41) is 11.3. The summed E-state index contributed by atoms with van der Waals surface area (Å²) in [5.41, 5.74) is -2.04. The van der Waals surface area contributed by atoms with Crippen molar-refractivity contribution in [1.82, 2.24) is 20.0 Å². The molecular weight excluding hydrogens is 513 g/mol. The van der Waals surface area contributed by atoms with Crippen molar-refractivity contribution in [3.8, 4) is 28.7 Å². The molecular formula is C21H14ClF3N4O5S. The van der Waals surface area contributed by atoms with Gasteiger partial charge in [-0.2, -0.15) is 18.3 Å². The van der Waals surface area contributed by atoms with Gasteiger partial charge in [0.1, 0.15) is 5.02 Å². The second kappa shape index (κ2) is 8.82. The summed E-state index contributed by atoms with van der Waals surface area (Å²) < 4.78 is 75.8. The molecule has 182 valence electrons. The molecule has 0 fully saturated rings. The second-order valence-corrected chi connectivity index (χ2v) is 9.54. The predicted molar refractivity (Wildman–Crippen MR) is 117 cm³/mol. The Morgan fingerprint density at radius 3 is 2.43 bits per heavy atom. The van der Waals surface area contributed by atoms with Gasteiger partial charge in [-0.05, 0) is 30.3 Å². The maximum absolute atomic E-state index is 13.7. The molecule has 35 heavy (non-hydrogen) atoms. The van der Waals surface area contributed by atoms with E-state index in [1.165, 1.54) is 36.4 Å². The number of para-hydroxylation sites is 1. The van der Waals surface area contributed by atoms with E-state index in [-0.39, 0.29) is 33.0 Å². The Labute approximate surface area is 201 Å². The van der Waals surface area contributed by atoms with E-state index in [1.54, 1.807) is 0 Å². The molecule has 14 heteroatoms. The fourth-order valence-corrected chi connectivity index (χ4v) is 4.12. The Bertz CT molecular complexity index is 1550. The van der Waals surface area contributed by atoms with Gasteiger partial charge in [0.15, 0.2) is 21.2 Å². The fraction of sp³-hybridized carbons (Fsp3) is 0.143. The van der Waals surface area contributed by atoms with Crippen LogP contribution in [-0.2, 0) is 20.8 Å². The molecule has 0 aliphatic heterocycles. The average Bonchev–Trinajstić information content (AvgIpc) is 3.42. The van der Waals surface area contributed by atoms with E-state index in [2.05, 4.69) is 20.0 Å². The monoisotopic (exact) mass is 526 g/mol. The molecule has 4 aromatic rings. The minimum Gasteiger partial charge on any atom is -0.464 e. The van der Waals surface area contributed by atoms with Crippen LogP contribution >= 0.6 is 11.6 Å². The van der Waals surface area contributed by atoms with Crippen LogP contribution in [0.15, 0.2) is 57.8 Å². The Balaban J connectivity index is 1.92. The van der Waals surface area contributed by atoms with Crippen molar-refractivity contribution >= 4 is 27.4 Å². The van der Waals surface area contributed by atoms with Gasteiger partial charge in [0.05, 0.1) is 23.3 Å². The molecule has 2 aromatic carbocycles. The lowest BCUT2D eigenvalue weighted by molar-refractivity contribution is -0.137. The third kappa shape index (κ3) is 4.64. The molecule has 0 aliphatic carbocycles. The molecule has 0 amide bonds. The van der Waals surface area contributed by atoms with Crippen molar-refractivity contribution in [2.75, 3.05) is 13.4 Å². The standard InChI is InChI=1S/C21H14ClF3N4O5S/c1-33-20(30)16-15(22)17(29(28-16)14-9-4-3-8-13(14)21(23,24)25)19-27-26-18(34-19)11-6-5-7-12(10-11)35(2,31)32/h3-10H,1-2H3. The number of ether oxygens (including phenoxy) is 1. The lowest BCUT2D eigenvalue weighted by Gasteiger charge is -2.13. The molecule has 0 bridgehead atoms. The molecule has 9 nitrogen and oxygen atoms in total. The number of aromatic nitrogens is 4. The lowest BCUT2D eigenvalue weighted by Crippen LogP contribution is -2.12. The van der Waals surface area contributed by atoms with Crippen LogP contribution in [0.2, 0.25) is 5.02 Å². The molecule has 0 aliphatic rings. The number of benzene rings is 2. The Hall–Kier alpha value is -3.71. The first kappa shape index (κ1) is 24.4. The third-order valence-electron chi connectivity index (χ3n) is 4.78. The Kier molecular flexibility index (Phi) is 6.15. The number of nitrogens with zero attached hydrogens (tertiary/aromatic N) is 4. The molecule has 0 saturated heterocycles. The Morgan fingerprint density at radius 2 is 1.77 bits per heavy atom. The van der Waals surface area contributed by atoms with Crippen molar-refractivity contribution in [1.29, 1.82) is 0 Å². The summed E-state index contributed by atoms with van der Waals surface area (Å²) >= 11 is 6.32. The van der Waals surface area contributed by atoms with Crippen LogP contribution in [0, 0.1) is 0 Å². The number of halogens is 4. The molecule has 4 rings (SSSR count). The largest absolute Gasteiger partial charge is 0.464 e. The van der Waals surface area contributed by atoms with E-state index in [1.807, 2.05) is 0 Å². The summed E-state index contributed by atoms with van der Waals surface area (Å²) in [6.45, 7) is 0. The first-order valence-electron chi connectivity index (χ1n) is 9.59. The number of carbonyl (C=O) groups is 1. The predicted octanol–water partition coefficient (Wildman–Crippen LogP) is 4.45.